The Morgan fingerprint density at radius 2 is 1.70 bits per heavy atom. The van der Waals surface area contributed by atoms with Gasteiger partial charge in [0.2, 0.25) is 5.91 Å². The van der Waals surface area contributed by atoms with E-state index in [-0.39, 0.29) is 11.7 Å². The van der Waals surface area contributed by atoms with Crippen LogP contribution in [0.5, 0.6) is 0 Å². The summed E-state index contributed by atoms with van der Waals surface area (Å²) in [6.45, 7) is 5.73. The quantitative estimate of drug-likeness (QED) is 0.748. The van der Waals surface area contributed by atoms with Crippen molar-refractivity contribution in [3.63, 3.8) is 0 Å². The Balaban J connectivity index is 1.81. The van der Waals surface area contributed by atoms with E-state index in [0.717, 1.165) is 21.6 Å². The molecular weight excluding hydrogens is 367 g/mol. The molecule has 1 amide bonds. The summed E-state index contributed by atoms with van der Waals surface area (Å²) in [5, 5.41) is 12.7. The molecule has 1 aliphatic carbocycles. The number of hydrogen-bond donors (Lipinski definition) is 2. The second kappa shape index (κ2) is 7.60. The van der Waals surface area contributed by atoms with Crippen molar-refractivity contribution in [2.75, 3.05) is 5.32 Å². The molecule has 1 aliphatic rings. The average Bonchev–Trinajstić information content (AvgIpc) is 2.97. The highest BCUT2D eigenvalue weighted by Gasteiger charge is 2.37. The van der Waals surface area contributed by atoms with Crippen LogP contribution in [0.25, 0.3) is 11.3 Å². The van der Waals surface area contributed by atoms with Gasteiger partial charge in [-0.25, -0.2) is 9.37 Å². The van der Waals surface area contributed by atoms with Gasteiger partial charge in [0.25, 0.3) is 0 Å². The summed E-state index contributed by atoms with van der Waals surface area (Å²) in [5.74, 6) is -2.95. The number of nitrogens with one attached hydrogen (secondary N) is 1. The van der Waals surface area contributed by atoms with Crippen molar-refractivity contribution in [1.29, 1.82) is 0 Å². The molecule has 1 aromatic carbocycles. The lowest BCUT2D eigenvalue weighted by Gasteiger charge is -2.29. The minimum Gasteiger partial charge on any atom is -0.481 e. The third-order valence-electron chi connectivity index (χ3n) is 5.06. The molecule has 2 atom stereocenters. The van der Waals surface area contributed by atoms with E-state index in [2.05, 4.69) is 10.3 Å². The zero-order valence-corrected chi connectivity index (χ0v) is 16.2. The molecule has 142 valence electrons. The number of thiazole rings is 1. The number of allylic oxidation sites excluding steroid dienone is 2. The molecule has 1 aromatic heterocycles. The van der Waals surface area contributed by atoms with Gasteiger partial charge in [-0.1, -0.05) is 11.1 Å². The van der Waals surface area contributed by atoms with Crippen LogP contribution in [0.4, 0.5) is 9.52 Å². The molecule has 0 spiro atoms. The molecule has 2 aromatic rings. The van der Waals surface area contributed by atoms with Crippen LogP contribution in [-0.2, 0) is 9.59 Å². The number of carboxylic acids is 1. The Bertz CT molecular complexity index is 918. The maximum atomic E-state index is 13.1. The fourth-order valence-electron chi connectivity index (χ4n) is 3.35. The molecule has 0 bridgehead atoms. The van der Waals surface area contributed by atoms with E-state index in [1.165, 1.54) is 23.5 Å². The molecule has 5 nitrogen and oxygen atoms in total. The SMILES string of the molecule is CC1=C(C)C[C@@H](C(=O)Nc2nc(-c3ccc(F)cc3)c(C)s2)[C@H](C(=O)O)C1. The summed E-state index contributed by atoms with van der Waals surface area (Å²) in [7, 11) is 0. The lowest BCUT2D eigenvalue weighted by atomic mass is 9.76. The summed E-state index contributed by atoms with van der Waals surface area (Å²) in [5.41, 5.74) is 3.55. The molecule has 7 heteroatoms. The normalized spacial score (nSPS) is 19.9. The van der Waals surface area contributed by atoms with Gasteiger partial charge in [-0.2, -0.15) is 0 Å². The summed E-state index contributed by atoms with van der Waals surface area (Å²) in [6, 6.07) is 6.01. The highest BCUT2D eigenvalue weighted by molar-refractivity contribution is 7.16. The van der Waals surface area contributed by atoms with Crippen LogP contribution in [0.15, 0.2) is 35.4 Å². The Labute approximate surface area is 161 Å². The van der Waals surface area contributed by atoms with Crippen molar-refractivity contribution in [1.82, 2.24) is 4.98 Å². The highest BCUT2D eigenvalue weighted by Crippen LogP contribution is 2.36. The first-order chi connectivity index (χ1) is 12.8. The number of hydrogen-bond acceptors (Lipinski definition) is 4. The molecule has 27 heavy (non-hydrogen) atoms. The van der Waals surface area contributed by atoms with Gasteiger partial charge in [-0.15, -0.1) is 11.3 Å². The molecule has 0 aliphatic heterocycles. The first-order valence-electron chi connectivity index (χ1n) is 8.68. The Kier molecular flexibility index (Phi) is 5.41. The predicted octanol–water partition coefficient (Wildman–Crippen LogP) is 4.64. The number of amides is 1. The Hall–Kier alpha value is -2.54. The van der Waals surface area contributed by atoms with Crippen molar-refractivity contribution in [3.8, 4) is 11.3 Å². The standard InChI is InChI=1S/C20H21FN2O3S/c1-10-8-15(16(19(25)26)9-11(10)2)18(24)23-20-22-17(12(3)27-20)13-4-6-14(21)7-5-13/h4-7,15-16H,8-9H2,1-3H3,(H,25,26)(H,22,23,24)/t15-,16-/m1/s1. The fourth-order valence-corrected chi connectivity index (χ4v) is 4.19. The van der Waals surface area contributed by atoms with E-state index < -0.39 is 17.8 Å². The predicted molar refractivity (Wildman–Crippen MR) is 103 cm³/mol. The number of aromatic nitrogens is 1. The number of anilines is 1. The van der Waals surface area contributed by atoms with Crippen LogP contribution in [-0.4, -0.2) is 22.0 Å². The number of nitrogens with zero attached hydrogens (tertiary/aromatic N) is 1. The lowest BCUT2D eigenvalue weighted by molar-refractivity contribution is -0.146. The summed E-state index contributed by atoms with van der Waals surface area (Å²) >= 11 is 1.32. The zero-order chi connectivity index (χ0) is 19.7. The Morgan fingerprint density at radius 1 is 1.11 bits per heavy atom. The van der Waals surface area contributed by atoms with E-state index >= 15 is 0 Å². The minimum absolute atomic E-state index is 0.323. The van der Waals surface area contributed by atoms with Gasteiger partial charge >= 0.3 is 5.97 Å². The van der Waals surface area contributed by atoms with Gasteiger partial charge in [0.05, 0.1) is 17.5 Å². The van der Waals surface area contributed by atoms with Crippen LogP contribution in [0.3, 0.4) is 0 Å². The molecule has 0 unspecified atom stereocenters. The molecule has 2 N–H and O–H groups in total. The summed E-state index contributed by atoms with van der Waals surface area (Å²) in [6.07, 6.45) is 0.820. The summed E-state index contributed by atoms with van der Waals surface area (Å²) in [4.78, 5) is 29.7. The maximum Gasteiger partial charge on any atom is 0.307 e. The first-order valence-corrected chi connectivity index (χ1v) is 9.50. The van der Waals surface area contributed by atoms with Crippen LogP contribution in [0.1, 0.15) is 31.6 Å². The van der Waals surface area contributed by atoms with Crippen molar-refractivity contribution in [2.24, 2.45) is 11.8 Å². The van der Waals surface area contributed by atoms with Gasteiger partial charge in [-0.05, 0) is 57.9 Å². The second-order valence-corrected chi connectivity index (χ2v) is 8.14. The number of aryl methyl sites for hydroxylation is 1. The van der Waals surface area contributed by atoms with E-state index in [1.807, 2.05) is 20.8 Å². The number of carbonyl (C=O) groups excluding carboxylic acids is 1. The molecule has 0 saturated heterocycles. The third-order valence-corrected chi connectivity index (χ3v) is 5.95. The topological polar surface area (TPSA) is 79.3 Å². The van der Waals surface area contributed by atoms with Crippen LogP contribution in [0.2, 0.25) is 0 Å². The molecule has 3 rings (SSSR count). The van der Waals surface area contributed by atoms with Crippen LogP contribution in [0, 0.1) is 24.6 Å². The number of aliphatic carboxylic acids is 1. The number of rotatable bonds is 4. The molecule has 0 fully saturated rings. The van der Waals surface area contributed by atoms with Crippen LogP contribution >= 0.6 is 11.3 Å². The zero-order valence-electron chi connectivity index (χ0n) is 15.4. The van der Waals surface area contributed by atoms with Crippen molar-refractivity contribution >= 4 is 28.3 Å². The van der Waals surface area contributed by atoms with E-state index in [9.17, 15) is 19.1 Å². The Morgan fingerprint density at radius 3 is 2.30 bits per heavy atom. The second-order valence-electron chi connectivity index (χ2n) is 6.94. The summed E-state index contributed by atoms with van der Waals surface area (Å²) < 4.78 is 13.1. The first kappa shape index (κ1) is 19.2. The number of carboxylic acid groups (broad SMARTS) is 1. The van der Waals surface area contributed by atoms with Gasteiger partial charge in [-0.3, -0.25) is 9.59 Å². The van der Waals surface area contributed by atoms with E-state index in [0.29, 0.717) is 23.7 Å². The third kappa shape index (κ3) is 4.08. The maximum absolute atomic E-state index is 13.1. The number of halogens is 1. The molecule has 0 radical (unpaired) electrons. The van der Waals surface area contributed by atoms with Crippen molar-refractivity contribution in [3.05, 3.63) is 46.1 Å². The fraction of sp³-hybridized carbons (Fsp3) is 0.350. The van der Waals surface area contributed by atoms with Gasteiger partial charge in [0.1, 0.15) is 5.82 Å². The highest BCUT2D eigenvalue weighted by atomic mass is 32.1. The van der Waals surface area contributed by atoms with Crippen LogP contribution < -0.4 is 5.32 Å². The van der Waals surface area contributed by atoms with Gasteiger partial charge in [0.15, 0.2) is 5.13 Å². The lowest BCUT2D eigenvalue weighted by Crippen LogP contribution is -2.36. The largest absolute Gasteiger partial charge is 0.481 e. The monoisotopic (exact) mass is 388 g/mol. The number of benzene rings is 1. The molecular formula is C20H21FN2O3S. The van der Waals surface area contributed by atoms with Gasteiger partial charge in [0, 0.05) is 10.4 Å². The van der Waals surface area contributed by atoms with Crippen molar-refractivity contribution in [2.45, 2.75) is 33.6 Å². The molecule has 1 heterocycles. The van der Waals surface area contributed by atoms with E-state index in [4.69, 9.17) is 0 Å². The molecule has 0 saturated carbocycles. The van der Waals surface area contributed by atoms with Crippen molar-refractivity contribution < 1.29 is 19.1 Å². The smallest absolute Gasteiger partial charge is 0.307 e. The van der Waals surface area contributed by atoms with E-state index in [1.54, 1.807) is 12.1 Å². The average molecular weight is 388 g/mol. The number of carbonyl (C=O) groups is 2. The van der Waals surface area contributed by atoms with Gasteiger partial charge < -0.3 is 10.4 Å². The minimum atomic E-state index is -0.954.